The average Bonchev–Trinajstić information content (AvgIpc) is 2.51. The molecule has 0 aromatic heterocycles. The van der Waals surface area contributed by atoms with Crippen molar-refractivity contribution in [3.63, 3.8) is 0 Å². The third kappa shape index (κ3) is 4.25. The molecule has 0 bridgehead atoms. The number of hydrogen-bond donors (Lipinski definition) is 1. The second kappa shape index (κ2) is 7.64. The molecule has 0 aliphatic heterocycles. The van der Waals surface area contributed by atoms with E-state index in [2.05, 4.69) is 0 Å². The van der Waals surface area contributed by atoms with Crippen LogP contribution >= 0.6 is 23.2 Å². The molecule has 124 valence electrons. The normalized spacial score (nSPS) is 11.9. The first-order valence-corrected chi connectivity index (χ1v) is 9.16. The summed E-state index contributed by atoms with van der Waals surface area (Å²) in [7, 11) is -3.85. The van der Waals surface area contributed by atoms with Gasteiger partial charge in [-0.3, -0.25) is 0 Å². The van der Waals surface area contributed by atoms with Crippen LogP contribution < -0.4 is 0 Å². The van der Waals surface area contributed by atoms with Gasteiger partial charge in [0, 0.05) is 18.1 Å². The molecule has 0 aliphatic rings. The zero-order valence-electron chi connectivity index (χ0n) is 12.5. The number of aliphatic hydroxyl groups excluding tert-OH is 1. The van der Waals surface area contributed by atoms with E-state index in [4.69, 9.17) is 23.2 Å². The first-order chi connectivity index (χ1) is 10.9. The predicted octanol–water partition coefficient (Wildman–Crippen LogP) is 3.49. The number of benzene rings is 2. The van der Waals surface area contributed by atoms with Crippen molar-refractivity contribution in [3.05, 3.63) is 63.6 Å². The van der Waals surface area contributed by atoms with Gasteiger partial charge in [-0.1, -0.05) is 53.5 Å². The van der Waals surface area contributed by atoms with Gasteiger partial charge in [0.25, 0.3) is 0 Å². The van der Waals surface area contributed by atoms with Gasteiger partial charge in [0.2, 0.25) is 10.0 Å². The number of sulfonamides is 1. The van der Waals surface area contributed by atoms with Crippen LogP contribution in [0.4, 0.5) is 0 Å². The van der Waals surface area contributed by atoms with Gasteiger partial charge in [-0.25, -0.2) is 8.42 Å². The van der Waals surface area contributed by atoms with Crippen molar-refractivity contribution < 1.29 is 13.5 Å². The Morgan fingerprint density at radius 2 is 1.74 bits per heavy atom. The molecule has 7 heteroatoms. The first kappa shape index (κ1) is 18.2. The lowest BCUT2D eigenvalue weighted by Crippen LogP contribution is -2.33. The Morgan fingerprint density at radius 3 is 2.35 bits per heavy atom. The molecule has 0 amide bonds. The van der Waals surface area contributed by atoms with Crippen LogP contribution in [0, 0.1) is 6.92 Å². The highest BCUT2D eigenvalue weighted by atomic mass is 35.5. The van der Waals surface area contributed by atoms with Gasteiger partial charge < -0.3 is 5.11 Å². The number of aryl methyl sites for hydroxylation is 1. The molecule has 0 saturated heterocycles. The predicted molar refractivity (Wildman–Crippen MR) is 92.3 cm³/mol. The number of aliphatic hydroxyl groups is 1. The van der Waals surface area contributed by atoms with Crippen LogP contribution in [0.1, 0.15) is 11.1 Å². The molecule has 0 saturated carbocycles. The minimum atomic E-state index is -3.85. The molecular formula is C16H17Cl2NO3S. The molecule has 0 unspecified atom stereocenters. The lowest BCUT2D eigenvalue weighted by atomic mass is 10.2. The summed E-state index contributed by atoms with van der Waals surface area (Å²) in [6, 6.07) is 12.0. The number of halogens is 2. The second-order valence-corrected chi connectivity index (χ2v) is 7.80. The van der Waals surface area contributed by atoms with Gasteiger partial charge in [0.1, 0.15) is 4.90 Å². The zero-order valence-corrected chi connectivity index (χ0v) is 14.9. The standard InChI is InChI=1S/C16H17Cl2NO3S/c1-12-9-16(15(18)10-14(12)17)23(21,22)19(7-8-20)11-13-5-3-2-4-6-13/h2-6,9-10,20H,7-8,11H2,1H3. The molecule has 2 aromatic carbocycles. The molecule has 0 atom stereocenters. The largest absolute Gasteiger partial charge is 0.395 e. The van der Waals surface area contributed by atoms with Crippen LogP contribution in [0.3, 0.4) is 0 Å². The Kier molecular flexibility index (Phi) is 6.06. The van der Waals surface area contributed by atoms with E-state index in [9.17, 15) is 13.5 Å². The Balaban J connectivity index is 2.43. The van der Waals surface area contributed by atoms with Crippen LogP contribution in [0.5, 0.6) is 0 Å². The van der Waals surface area contributed by atoms with Crippen molar-refractivity contribution >= 4 is 33.2 Å². The second-order valence-electron chi connectivity index (χ2n) is 5.08. The molecule has 1 N–H and O–H groups in total. The SMILES string of the molecule is Cc1cc(S(=O)(=O)N(CCO)Cc2ccccc2)c(Cl)cc1Cl. The molecule has 2 rings (SSSR count). The summed E-state index contributed by atoms with van der Waals surface area (Å²) >= 11 is 12.1. The lowest BCUT2D eigenvalue weighted by molar-refractivity contribution is 0.251. The molecule has 23 heavy (non-hydrogen) atoms. The van der Waals surface area contributed by atoms with E-state index in [1.54, 1.807) is 6.92 Å². The van der Waals surface area contributed by atoms with Crippen molar-refractivity contribution in [2.45, 2.75) is 18.4 Å². The van der Waals surface area contributed by atoms with E-state index in [-0.39, 0.29) is 29.6 Å². The molecule has 0 heterocycles. The Bertz CT molecular complexity index is 779. The summed E-state index contributed by atoms with van der Waals surface area (Å²) in [6.45, 7) is 1.57. The van der Waals surface area contributed by atoms with E-state index in [0.717, 1.165) is 5.56 Å². The summed E-state index contributed by atoms with van der Waals surface area (Å²) in [5.74, 6) is 0. The van der Waals surface area contributed by atoms with Crippen molar-refractivity contribution in [1.29, 1.82) is 0 Å². The third-order valence-electron chi connectivity index (χ3n) is 3.38. The molecule has 0 radical (unpaired) electrons. The summed E-state index contributed by atoms with van der Waals surface area (Å²) < 4.78 is 27.0. The van der Waals surface area contributed by atoms with Crippen molar-refractivity contribution in [2.24, 2.45) is 0 Å². The van der Waals surface area contributed by atoms with Gasteiger partial charge in [-0.05, 0) is 30.2 Å². The van der Waals surface area contributed by atoms with Crippen molar-refractivity contribution in [1.82, 2.24) is 4.31 Å². The summed E-state index contributed by atoms with van der Waals surface area (Å²) in [4.78, 5) is -0.00884. The first-order valence-electron chi connectivity index (χ1n) is 6.97. The van der Waals surface area contributed by atoms with Gasteiger partial charge in [-0.15, -0.1) is 0 Å². The van der Waals surface area contributed by atoms with Gasteiger partial charge >= 0.3 is 0 Å². The third-order valence-corrected chi connectivity index (χ3v) is 6.10. The van der Waals surface area contributed by atoms with Gasteiger partial charge in [-0.2, -0.15) is 4.31 Å². The van der Waals surface area contributed by atoms with Crippen molar-refractivity contribution in [2.75, 3.05) is 13.2 Å². The average molecular weight is 374 g/mol. The highest BCUT2D eigenvalue weighted by Crippen LogP contribution is 2.30. The zero-order chi connectivity index (χ0) is 17.0. The van der Waals surface area contributed by atoms with E-state index >= 15 is 0 Å². The van der Waals surface area contributed by atoms with Crippen molar-refractivity contribution in [3.8, 4) is 0 Å². The van der Waals surface area contributed by atoms with Crippen LogP contribution in [0.2, 0.25) is 10.0 Å². The van der Waals surface area contributed by atoms with Crippen LogP contribution in [0.25, 0.3) is 0 Å². The van der Waals surface area contributed by atoms with Gasteiger partial charge in [0.05, 0.1) is 11.6 Å². The monoisotopic (exact) mass is 373 g/mol. The smallest absolute Gasteiger partial charge is 0.244 e. The fraction of sp³-hybridized carbons (Fsp3) is 0.250. The Labute approximate surface area is 146 Å². The molecule has 0 fully saturated rings. The van der Waals surface area contributed by atoms with E-state index in [0.29, 0.717) is 10.6 Å². The topological polar surface area (TPSA) is 57.6 Å². The van der Waals surface area contributed by atoms with E-state index in [1.165, 1.54) is 16.4 Å². The summed E-state index contributed by atoms with van der Waals surface area (Å²) in [5, 5.41) is 9.71. The maximum absolute atomic E-state index is 12.9. The highest BCUT2D eigenvalue weighted by Gasteiger charge is 2.27. The van der Waals surface area contributed by atoms with E-state index < -0.39 is 10.0 Å². The highest BCUT2D eigenvalue weighted by molar-refractivity contribution is 7.89. The minimum absolute atomic E-state index is 0.00884. The molecule has 4 nitrogen and oxygen atoms in total. The fourth-order valence-electron chi connectivity index (χ4n) is 2.15. The van der Waals surface area contributed by atoms with E-state index in [1.807, 2.05) is 30.3 Å². The Hall–Kier alpha value is -1.11. The molecule has 0 spiro atoms. The molecular weight excluding hydrogens is 357 g/mol. The molecule has 2 aromatic rings. The van der Waals surface area contributed by atoms with Crippen LogP contribution in [-0.4, -0.2) is 31.0 Å². The fourth-order valence-corrected chi connectivity index (χ4v) is 4.38. The lowest BCUT2D eigenvalue weighted by Gasteiger charge is -2.22. The quantitative estimate of drug-likeness (QED) is 0.842. The van der Waals surface area contributed by atoms with Gasteiger partial charge in [0.15, 0.2) is 0 Å². The Morgan fingerprint density at radius 1 is 1.09 bits per heavy atom. The number of hydrogen-bond acceptors (Lipinski definition) is 3. The maximum atomic E-state index is 12.9. The molecule has 0 aliphatic carbocycles. The number of rotatable bonds is 6. The van der Waals surface area contributed by atoms with Crippen LogP contribution in [-0.2, 0) is 16.6 Å². The number of nitrogens with zero attached hydrogens (tertiary/aromatic N) is 1. The van der Waals surface area contributed by atoms with Crippen LogP contribution in [0.15, 0.2) is 47.4 Å². The summed E-state index contributed by atoms with van der Waals surface area (Å²) in [6.07, 6.45) is 0. The summed E-state index contributed by atoms with van der Waals surface area (Å²) in [5.41, 5.74) is 1.45. The maximum Gasteiger partial charge on any atom is 0.244 e. The minimum Gasteiger partial charge on any atom is -0.395 e.